The van der Waals surface area contributed by atoms with Crippen LogP contribution in [0, 0.1) is 0 Å². The molecule has 3 aromatic heterocycles. The largest absolute Gasteiger partial charge is 0.461 e. The Morgan fingerprint density at radius 3 is 2.76 bits per heavy atom. The summed E-state index contributed by atoms with van der Waals surface area (Å²) in [5, 5.41) is 13.7. The number of nitrogens with one attached hydrogen (secondary N) is 2. The number of carbonyl (C=O) groups is 1. The predicted molar refractivity (Wildman–Crippen MR) is 87.7 cm³/mol. The number of aromatic amines is 1. The van der Waals surface area contributed by atoms with Gasteiger partial charge in [0.05, 0.1) is 18.2 Å². The van der Waals surface area contributed by atoms with Gasteiger partial charge in [-0.25, -0.2) is 5.10 Å². The quantitative estimate of drug-likeness (QED) is 0.590. The molecule has 25 heavy (non-hydrogen) atoms. The molecule has 1 amide bonds. The minimum absolute atomic E-state index is 0.143. The summed E-state index contributed by atoms with van der Waals surface area (Å²) in [5.41, 5.74) is 0.338. The van der Waals surface area contributed by atoms with Crippen LogP contribution in [0.1, 0.15) is 16.2 Å². The van der Waals surface area contributed by atoms with Crippen LogP contribution in [0.25, 0.3) is 22.3 Å². The highest BCUT2D eigenvalue weighted by atomic mass is 16.5. The molecule has 4 rings (SSSR count). The molecule has 0 spiro atoms. The molecule has 1 aromatic carbocycles. The van der Waals surface area contributed by atoms with E-state index in [4.69, 9.17) is 8.94 Å². The van der Waals surface area contributed by atoms with Gasteiger partial charge in [0.2, 0.25) is 5.76 Å². The lowest BCUT2D eigenvalue weighted by Gasteiger charge is -2.05. The highest BCUT2D eigenvalue weighted by Crippen LogP contribution is 2.20. The summed E-state index contributed by atoms with van der Waals surface area (Å²) in [5.74, 6) is 0.607. The Hall–Kier alpha value is -3.68. The molecule has 0 unspecified atom stereocenters. The average molecular weight is 336 g/mol. The van der Waals surface area contributed by atoms with Gasteiger partial charge in [0.15, 0.2) is 11.5 Å². The third-order valence-electron chi connectivity index (χ3n) is 3.66. The minimum atomic E-state index is -0.421. The highest BCUT2D eigenvalue weighted by molar-refractivity contribution is 6.04. The summed E-state index contributed by atoms with van der Waals surface area (Å²) in [7, 11) is 0. The average Bonchev–Trinajstić information content (AvgIpc) is 3.32. The smallest absolute Gasteiger partial charge is 0.272 e. The van der Waals surface area contributed by atoms with E-state index in [9.17, 15) is 9.59 Å². The first kappa shape index (κ1) is 14.9. The Morgan fingerprint density at radius 1 is 1.12 bits per heavy atom. The number of aromatic nitrogens is 3. The van der Waals surface area contributed by atoms with E-state index in [1.165, 1.54) is 6.26 Å². The van der Waals surface area contributed by atoms with E-state index in [0.717, 1.165) is 0 Å². The molecule has 0 bridgehead atoms. The molecule has 4 aromatic rings. The number of benzene rings is 1. The monoisotopic (exact) mass is 336 g/mol. The molecule has 0 radical (unpaired) electrons. The van der Waals surface area contributed by atoms with E-state index < -0.39 is 5.91 Å². The number of hydrogen-bond acceptors (Lipinski definition) is 6. The number of amides is 1. The molecule has 0 atom stereocenters. The van der Waals surface area contributed by atoms with Gasteiger partial charge in [-0.05, 0) is 18.2 Å². The van der Waals surface area contributed by atoms with Crippen LogP contribution in [0.4, 0.5) is 0 Å². The van der Waals surface area contributed by atoms with E-state index in [2.05, 4.69) is 20.7 Å². The van der Waals surface area contributed by atoms with Crippen LogP contribution in [-0.4, -0.2) is 21.3 Å². The molecule has 0 saturated heterocycles. The molecule has 0 aliphatic rings. The lowest BCUT2D eigenvalue weighted by atomic mass is 10.1. The molecule has 2 N–H and O–H groups in total. The maximum atomic E-state index is 12.4. The van der Waals surface area contributed by atoms with Gasteiger partial charge in [0.25, 0.3) is 11.5 Å². The molecule has 8 heteroatoms. The van der Waals surface area contributed by atoms with E-state index in [1.807, 2.05) is 0 Å². The number of furan rings is 1. The molecule has 8 nitrogen and oxygen atoms in total. The Balaban J connectivity index is 1.54. The molecule has 0 saturated carbocycles. The number of fused-ring (bicyclic) bond motifs is 1. The van der Waals surface area contributed by atoms with Gasteiger partial charge in [-0.15, -0.1) is 0 Å². The van der Waals surface area contributed by atoms with Crippen LogP contribution in [0.5, 0.6) is 0 Å². The summed E-state index contributed by atoms with van der Waals surface area (Å²) in [6, 6.07) is 12.0. The zero-order valence-corrected chi connectivity index (χ0v) is 12.9. The third kappa shape index (κ3) is 2.80. The maximum absolute atomic E-state index is 12.4. The molecular formula is C17H12N4O4. The summed E-state index contributed by atoms with van der Waals surface area (Å²) in [6.07, 6.45) is 1.53. The van der Waals surface area contributed by atoms with E-state index in [0.29, 0.717) is 28.0 Å². The topological polar surface area (TPSA) is 114 Å². The van der Waals surface area contributed by atoms with Crippen molar-refractivity contribution in [2.24, 2.45) is 0 Å². The zero-order valence-electron chi connectivity index (χ0n) is 12.9. The second-order valence-electron chi connectivity index (χ2n) is 5.29. The van der Waals surface area contributed by atoms with Crippen LogP contribution < -0.4 is 10.9 Å². The van der Waals surface area contributed by atoms with Gasteiger partial charge in [-0.2, -0.15) is 5.10 Å². The second kappa shape index (κ2) is 6.08. The molecule has 124 valence electrons. The minimum Gasteiger partial charge on any atom is -0.461 e. The lowest BCUT2D eigenvalue weighted by Crippen LogP contribution is -2.26. The van der Waals surface area contributed by atoms with Crippen LogP contribution >= 0.6 is 0 Å². The van der Waals surface area contributed by atoms with Crippen molar-refractivity contribution in [1.82, 2.24) is 20.7 Å². The third-order valence-corrected chi connectivity index (χ3v) is 3.66. The molecule has 0 aliphatic carbocycles. The van der Waals surface area contributed by atoms with Crippen molar-refractivity contribution in [3.8, 4) is 11.5 Å². The fraction of sp³-hybridized carbons (Fsp3) is 0.0588. The summed E-state index contributed by atoms with van der Waals surface area (Å²) in [4.78, 5) is 24.2. The van der Waals surface area contributed by atoms with Gasteiger partial charge in [0, 0.05) is 11.5 Å². The van der Waals surface area contributed by atoms with E-state index in [1.54, 1.807) is 42.5 Å². The van der Waals surface area contributed by atoms with Crippen molar-refractivity contribution in [1.29, 1.82) is 0 Å². The molecule has 0 aliphatic heterocycles. The van der Waals surface area contributed by atoms with Crippen molar-refractivity contribution in [2.45, 2.75) is 6.54 Å². The van der Waals surface area contributed by atoms with Gasteiger partial charge in [0.1, 0.15) is 5.69 Å². The molecular weight excluding hydrogens is 324 g/mol. The number of hydrogen-bond donors (Lipinski definition) is 2. The van der Waals surface area contributed by atoms with Gasteiger partial charge in [-0.3, -0.25) is 9.59 Å². The van der Waals surface area contributed by atoms with Crippen molar-refractivity contribution in [2.75, 3.05) is 0 Å². The Kier molecular flexibility index (Phi) is 3.62. The summed E-state index contributed by atoms with van der Waals surface area (Å²) < 4.78 is 10.4. The van der Waals surface area contributed by atoms with Gasteiger partial charge >= 0.3 is 0 Å². The number of H-pyrrole nitrogens is 1. The summed E-state index contributed by atoms with van der Waals surface area (Å²) in [6.45, 7) is 0.151. The van der Waals surface area contributed by atoms with Crippen molar-refractivity contribution < 1.29 is 13.7 Å². The first-order chi connectivity index (χ1) is 12.2. The van der Waals surface area contributed by atoms with Crippen molar-refractivity contribution >= 4 is 16.7 Å². The second-order valence-corrected chi connectivity index (χ2v) is 5.29. The normalized spacial score (nSPS) is 10.9. The number of rotatable bonds is 4. The van der Waals surface area contributed by atoms with Crippen molar-refractivity contribution in [3.63, 3.8) is 0 Å². The Labute approximate surface area is 140 Å². The van der Waals surface area contributed by atoms with Crippen LogP contribution in [0.15, 0.2) is 62.5 Å². The van der Waals surface area contributed by atoms with E-state index >= 15 is 0 Å². The summed E-state index contributed by atoms with van der Waals surface area (Å²) >= 11 is 0. The number of carbonyl (C=O) groups excluding carboxylic acids is 1. The maximum Gasteiger partial charge on any atom is 0.272 e. The van der Waals surface area contributed by atoms with Crippen LogP contribution in [-0.2, 0) is 6.54 Å². The van der Waals surface area contributed by atoms with Gasteiger partial charge < -0.3 is 14.3 Å². The number of nitrogens with zero attached hydrogens (tertiary/aromatic N) is 2. The van der Waals surface area contributed by atoms with E-state index in [-0.39, 0.29) is 17.8 Å². The molecule has 0 fully saturated rings. The van der Waals surface area contributed by atoms with Gasteiger partial charge in [-0.1, -0.05) is 23.4 Å². The molecule has 3 heterocycles. The Bertz CT molecular complexity index is 1100. The van der Waals surface area contributed by atoms with Crippen molar-refractivity contribution in [3.05, 3.63) is 70.5 Å². The predicted octanol–water partition coefficient (Wildman–Crippen LogP) is 2.10. The lowest BCUT2D eigenvalue weighted by molar-refractivity contribution is 0.0946. The van der Waals surface area contributed by atoms with Crippen LogP contribution in [0.3, 0.4) is 0 Å². The Morgan fingerprint density at radius 2 is 1.96 bits per heavy atom. The zero-order chi connectivity index (χ0) is 17.2. The highest BCUT2D eigenvalue weighted by Gasteiger charge is 2.15. The SMILES string of the molecule is O=C(NCc1cc(-c2ccco2)on1)c1n[nH]c(=O)c2ccccc12. The van der Waals surface area contributed by atoms with Crippen LogP contribution in [0.2, 0.25) is 0 Å². The fourth-order valence-corrected chi connectivity index (χ4v) is 2.47. The fourth-order valence-electron chi connectivity index (χ4n) is 2.47. The first-order valence-corrected chi connectivity index (χ1v) is 7.47. The first-order valence-electron chi connectivity index (χ1n) is 7.47. The standard InChI is InChI=1S/C17H12N4O4/c22-16-12-5-2-1-4-11(12)15(19-20-16)17(23)18-9-10-8-14(25-21-10)13-6-3-7-24-13/h1-8H,9H2,(H,18,23)(H,20,22).